The van der Waals surface area contributed by atoms with E-state index in [2.05, 4.69) is 20.6 Å². The third-order valence-electron chi connectivity index (χ3n) is 5.56. The number of fused-ring (bicyclic) bond motifs is 1. The van der Waals surface area contributed by atoms with E-state index in [0.717, 1.165) is 41.2 Å². The zero-order valence-electron chi connectivity index (χ0n) is 17.1. The van der Waals surface area contributed by atoms with Gasteiger partial charge in [0.1, 0.15) is 11.4 Å². The Bertz CT molecular complexity index is 1220. The number of hydrogen-bond acceptors (Lipinski definition) is 6. The minimum atomic E-state index is -0.0876. The minimum absolute atomic E-state index is 0.00219. The molecule has 1 aliphatic heterocycles. The van der Waals surface area contributed by atoms with E-state index < -0.39 is 0 Å². The summed E-state index contributed by atoms with van der Waals surface area (Å²) in [5, 5.41) is 12.1. The number of nitrogens with zero attached hydrogens (tertiary/aromatic N) is 5. The average molecular weight is 414 g/mol. The highest BCUT2D eigenvalue weighted by molar-refractivity contribution is 5.94. The molecule has 1 aliphatic rings. The highest BCUT2D eigenvalue weighted by Gasteiger charge is 2.33. The minimum Gasteiger partial charge on any atom is -0.497 e. The zero-order valence-corrected chi connectivity index (χ0v) is 17.1. The normalized spacial score (nSPS) is 15.9. The summed E-state index contributed by atoms with van der Waals surface area (Å²) in [6.07, 6.45) is 6.99. The van der Waals surface area contributed by atoms with Crippen molar-refractivity contribution in [2.75, 3.05) is 19.0 Å². The summed E-state index contributed by atoms with van der Waals surface area (Å²) in [5.74, 6) is 0.789. The lowest BCUT2D eigenvalue weighted by atomic mass is 10.1. The lowest BCUT2D eigenvalue weighted by Crippen LogP contribution is -2.30. The highest BCUT2D eigenvalue weighted by atomic mass is 16.5. The molecule has 8 nitrogen and oxygen atoms in total. The van der Waals surface area contributed by atoms with Crippen molar-refractivity contribution in [2.45, 2.75) is 18.9 Å². The first-order valence-electron chi connectivity index (χ1n) is 10.2. The Kier molecular flexibility index (Phi) is 4.95. The second kappa shape index (κ2) is 8.06. The number of likely N-dealkylation sites (tertiary alicyclic amines) is 1. The predicted molar refractivity (Wildman–Crippen MR) is 117 cm³/mol. The average Bonchev–Trinajstić information content (AvgIpc) is 3.46. The van der Waals surface area contributed by atoms with Crippen LogP contribution in [0.2, 0.25) is 0 Å². The topological polar surface area (TPSA) is 84.6 Å². The number of anilines is 2. The molecule has 0 saturated carbocycles. The Morgan fingerprint density at radius 1 is 1.13 bits per heavy atom. The third kappa shape index (κ3) is 3.68. The van der Waals surface area contributed by atoms with E-state index in [-0.39, 0.29) is 11.9 Å². The van der Waals surface area contributed by atoms with Gasteiger partial charge in [0.15, 0.2) is 0 Å². The molecule has 5 rings (SSSR count). The number of aromatic nitrogens is 4. The van der Waals surface area contributed by atoms with E-state index in [4.69, 9.17) is 4.74 Å². The van der Waals surface area contributed by atoms with Gasteiger partial charge in [-0.1, -0.05) is 11.3 Å². The summed E-state index contributed by atoms with van der Waals surface area (Å²) >= 11 is 0. The second-order valence-electron chi connectivity index (χ2n) is 7.47. The fourth-order valence-electron chi connectivity index (χ4n) is 4.05. The van der Waals surface area contributed by atoms with Crippen LogP contribution in [0.25, 0.3) is 5.52 Å². The number of nitrogens with one attached hydrogen (secondary N) is 1. The number of rotatable bonds is 5. The van der Waals surface area contributed by atoms with Crippen LogP contribution in [0.5, 0.6) is 5.75 Å². The molecular formula is C23H22N6O2. The molecule has 4 heterocycles. The van der Waals surface area contributed by atoms with Crippen molar-refractivity contribution < 1.29 is 9.53 Å². The Balaban J connectivity index is 1.41. The fraction of sp³-hybridized carbons (Fsp3) is 0.217. The van der Waals surface area contributed by atoms with Crippen LogP contribution in [0.3, 0.4) is 0 Å². The van der Waals surface area contributed by atoms with Gasteiger partial charge in [-0.3, -0.25) is 9.78 Å². The van der Waals surface area contributed by atoms with Crippen molar-refractivity contribution in [1.82, 2.24) is 24.7 Å². The summed E-state index contributed by atoms with van der Waals surface area (Å²) in [6.45, 7) is 0.709. The number of carbonyl (C=O) groups is 1. The molecule has 1 fully saturated rings. The quantitative estimate of drug-likeness (QED) is 0.534. The van der Waals surface area contributed by atoms with Crippen LogP contribution in [-0.4, -0.2) is 44.3 Å². The number of benzene rings is 1. The number of hydrogen-bond donors (Lipinski definition) is 1. The number of ether oxygens (including phenoxy) is 1. The molecule has 1 amide bonds. The van der Waals surface area contributed by atoms with Gasteiger partial charge in [-0.15, -0.1) is 5.10 Å². The first kappa shape index (κ1) is 19.0. The van der Waals surface area contributed by atoms with Gasteiger partial charge in [0.05, 0.1) is 30.6 Å². The molecule has 0 spiro atoms. The first-order valence-corrected chi connectivity index (χ1v) is 10.2. The lowest BCUT2D eigenvalue weighted by Gasteiger charge is -2.23. The highest BCUT2D eigenvalue weighted by Crippen LogP contribution is 2.34. The molecule has 156 valence electrons. The SMILES string of the molecule is COc1cccc(Nc2ccc3c([C@@H]4CCCN4C(=O)c4ccncc4)nnn3c2)c1. The lowest BCUT2D eigenvalue weighted by molar-refractivity contribution is 0.0733. The third-order valence-corrected chi connectivity index (χ3v) is 5.56. The van der Waals surface area contributed by atoms with Crippen molar-refractivity contribution in [3.63, 3.8) is 0 Å². The Morgan fingerprint density at radius 2 is 2.00 bits per heavy atom. The Labute approximate surface area is 179 Å². The van der Waals surface area contributed by atoms with E-state index in [1.165, 1.54) is 0 Å². The molecule has 1 N–H and O–H groups in total. The molecule has 3 aromatic heterocycles. The van der Waals surface area contributed by atoms with Crippen LogP contribution < -0.4 is 10.1 Å². The predicted octanol–water partition coefficient (Wildman–Crippen LogP) is 3.85. The second-order valence-corrected chi connectivity index (χ2v) is 7.47. The molecule has 0 radical (unpaired) electrons. The van der Waals surface area contributed by atoms with E-state index >= 15 is 0 Å². The van der Waals surface area contributed by atoms with Gasteiger partial charge in [-0.25, -0.2) is 4.52 Å². The standard InChI is InChI=1S/C23H22N6O2/c1-31-19-5-2-4-17(14-19)25-18-7-8-21-22(26-27-29(21)15-18)20-6-3-13-28(20)23(30)16-9-11-24-12-10-16/h2,4-5,7-12,14-15,20,25H,3,6,13H2,1H3/t20-/m0/s1. The summed E-state index contributed by atoms with van der Waals surface area (Å²) in [6, 6.07) is 15.1. The van der Waals surface area contributed by atoms with Crippen LogP contribution in [0.1, 0.15) is 34.9 Å². The van der Waals surface area contributed by atoms with Crippen molar-refractivity contribution in [1.29, 1.82) is 0 Å². The maximum absolute atomic E-state index is 13.0. The van der Waals surface area contributed by atoms with Crippen molar-refractivity contribution in [2.24, 2.45) is 0 Å². The van der Waals surface area contributed by atoms with Gasteiger partial charge in [-0.2, -0.15) is 0 Å². The number of methoxy groups -OCH3 is 1. The molecule has 8 heteroatoms. The smallest absolute Gasteiger partial charge is 0.254 e. The molecule has 1 saturated heterocycles. The first-order chi connectivity index (χ1) is 15.2. The molecule has 1 aromatic carbocycles. The van der Waals surface area contributed by atoms with Crippen LogP contribution in [0, 0.1) is 0 Å². The molecule has 0 bridgehead atoms. The van der Waals surface area contributed by atoms with Gasteiger partial charge in [0.25, 0.3) is 5.91 Å². The molecular weight excluding hydrogens is 392 g/mol. The largest absolute Gasteiger partial charge is 0.497 e. The molecule has 0 aliphatic carbocycles. The number of pyridine rings is 2. The maximum atomic E-state index is 13.0. The van der Waals surface area contributed by atoms with Gasteiger partial charge in [0, 0.05) is 36.3 Å². The van der Waals surface area contributed by atoms with Crippen LogP contribution in [0.4, 0.5) is 11.4 Å². The summed E-state index contributed by atoms with van der Waals surface area (Å²) in [4.78, 5) is 18.9. The summed E-state index contributed by atoms with van der Waals surface area (Å²) in [7, 11) is 1.65. The van der Waals surface area contributed by atoms with Crippen LogP contribution >= 0.6 is 0 Å². The van der Waals surface area contributed by atoms with Crippen LogP contribution in [0.15, 0.2) is 67.1 Å². The molecule has 4 aromatic rings. The van der Waals surface area contributed by atoms with Gasteiger partial charge in [-0.05, 0) is 49.2 Å². The number of amides is 1. The van der Waals surface area contributed by atoms with Crippen molar-refractivity contribution in [3.05, 3.63) is 78.4 Å². The van der Waals surface area contributed by atoms with E-state index in [1.807, 2.05) is 47.5 Å². The summed E-state index contributed by atoms with van der Waals surface area (Å²) in [5.41, 5.74) is 4.17. The monoisotopic (exact) mass is 414 g/mol. The van der Waals surface area contributed by atoms with Gasteiger partial charge >= 0.3 is 0 Å². The van der Waals surface area contributed by atoms with E-state index in [0.29, 0.717) is 12.1 Å². The fourth-order valence-corrected chi connectivity index (χ4v) is 4.05. The molecule has 0 unspecified atom stereocenters. The van der Waals surface area contributed by atoms with Crippen LogP contribution in [-0.2, 0) is 0 Å². The van der Waals surface area contributed by atoms with Gasteiger partial charge < -0.3 is 15.0 Å². The van der Waals surface area contributed by atoms with Crippen molar-refractivity contribution >= 4 is 22.8 Å². The summed E-state index contributed by atoms with van der Waals surface area (Å²) < 4.78 is 7.04. The van der Waals surface area contributed by atoms with E-state index in [9.17, 15) is 4.79 Å². The van der Waals surface area contributed by atoms with E-state index in [1.54, 1.807) is 36.2 Å². The zero-order chi connectivity index (χ0) is 21.2. The number of carbonyl (C=O) groups excluding carboxylic acids is 1. The van der Waals surface area contributed by atoms with Gasteiger partial charge in [0.2, 0.25) is 0 Å². The Morgan fingerprint density at radius 3 is 2.84 bits per heavy atom. The maximum Gasteiger partial charge on any atom is 0.254 e. The molecule has 1 atom stereocenters. The Hall–Kier alpha value is -3.94. The van der Waals surface area contributed by atoms with Crippen molar-refractivity contribution in [3.8, 4) is 5.75 Å². The molecule has 31 heavy (non-hydrogen) atoms.